The molecule has 1 N–H and O–H groups in total. The lowest BCUT2D eigenvalue weighted by Crippen LogP contribution is -2.17. The number of thiazole rings is 1. The topological polar surface area (TPSA) is 45.2 Å². The normalized spacial score (nSPS) is 14.6. The summed E-state index contributed by atoms with van der Waals surface area (Å²) in [5, 5.41) is 5.99. The number of amides is 1. The molecule has 1 aliphatic heterocycles. The van der Waals surface area contributed by atoms with Gasteiger partial charge in [0.25, 0.3) is 0 Å². The van der Waals surface area contributed by atoms with Gasteiger partial charge < -0.3 is 10.2 Å². The van der Waals surface area contributed by atoms with Crippen LogP contribution in [0.3, 0.4) is 0 Å². The van der Waals surface area contributed by atoms with Crippen molar-refractivity contribution in [3.63, 3.8) is 0 Å². The quantitative estimate of drug-likeness (QED) is 0.941. The SMILES string of the molecule is CC(=O)Nc1cccc(-c2csc(N3CCCC3)n2)c1. The van der Waals surface area contributed by atoms with E-state index in [-0.39, 0.29) is 5.91 Å². The van der Waals surface area contributed by atoms with Gasteiger partial charge in [-0.15, -0.1) is 11.3 Å². The molecule has 0 aliphatic carbocycles. The number of carbonyl (C=O) groups excluding carboxylic acids is 1. The van der Waals surface area contributed by atoms with Gasteiger partial charge in [-0.2, -0.15) is 0 Å². The van der Waals surface area contributed by atoms with Crippen molar-refractivity contribution in [1.29, 1.82) is 0 Å². The fourth-order valence-electron chi connectivity index (χ4n) is 2.41. The molecule has 3 rings (SSSR count). The molecule has 1 saturated heterocycles. The third-order valence-corrected chi connectivity index (χ3v) is 4.25. The molecule has 2 heterocycles. The first-order valence-electron chi connectivity index (χ1n) is 6.81. The molecular weight excluding hydrogens is 270 g/mol. The molecule has 0 bridgehead atoms. The van der Waals surface area contributed by atoms with Gasteiger partial charge in [-0.1, -0.05) is 12.1 Å². The number of hydrogen-bond donors (Lipinski definition) is 1. The highest BCUT2D eigenvalue weighted by Gasteiger charge is 2.16. The van der Waals surface area contributed by atoms with Crippen molar-refractivity contribution in [1.82, 2.24) is 4.98 Å². The van der Waals surface area contributed by atoms with E-state index >= 15 is 0 Å². The first-order valence-corrected chi connectivity index (χ1v) is 7.69. The van der Waals surface area contributed by atoms with Crippen LogP contribution in [0.5, 0.6) is 0 Å². The molecule has 1 aliphatic rings. The Bertz CT molecular complexity index is 617. The van der Waals surface area contributed by atoms with E-state index in [1.165, 1.54) is 19.8 Å². The second kappa shape index (κ2) is 5.63. The predicted molar refractivity (Wildman–Crippen MR) is 83.3 cm³/mol. The summed E-state index contributed by atoms with van der Waals surface area (Å²) >= 11 is 1.69. The van der Waals surface area contributed by atoms with Crippen molar-refractivity contribution in [2.45, 2.75) is 19.8 Å². The predicted octanol–water partition coefficient (Wildman–Crippen LogP) is 3.37. The molecule has 5 heteroatoms. The van der Waals surface area contributed by atoms with E-state index in [1.807, 2.05) is 24.3 Å². The molecule has 1 amide bonds. The Balaban J connectivity index is 1.83. The summed E-state index contributed by atoms with van der Waals surface area (Å²) in [4.78, 5) is 18.2. The molecule has 1 aromatic carbocycles. The zero-order valence-electron chi connectivity index (χ0n) is 11.4. The number of benzene rings is 1. The van der Waals surface area contributed by atoms with E-state index < -0.39 is 0 Å². The average molecular weight is 287 g/mol. The van der Waals surface area contributed by atoms with E-state index in [9.17, 15) is 4.79 Å². The fraction of sp³-hybridized carbons (Fsp3) is 0.333. The highest BCUT2D eigenvalue weighted by Crippen LogP contribution is 2.30. The van der Waals surface area contributed by atoms with Crippen molar-refractivity contribution in [2.24, 2.45) is 0 Å². The van der Waals surface area contributed by atoms with E-state index in [1.54, 1.807) is 11.3 Å². The zero-order valence-corrected chi connectivity index (χ0v) is 12.2. The third kappa shape index (κ3) is 2.82. The van der Waals surface area contributed by atoms with Crippen molar-refractivity contribution in [2.75, 3.05) is 23.3 Å². The minimum absolute atomic E-state index is 0.0572. The standard InChI is InChI=1S/C15H17N3OS/c1-11(19)16-13-6-4-5-12(9-13)14-10-20-15(17-14)18-7-2-3-8-18/h4-6,9-10H,2-3,7-8H2,1H3,(H,16,19). The van der Waals surface area contributed by atoms with Gasteiger partial charge in [0, 0.05) is 36.6 Å². The van der Waals surface area contributed by atoms with E-state index in [0.29, 0.717) is 0 Å². The molecular formula is C15H17N3OS. The van der Waals surface area contributed by atoms with Gasteiger partial charge in [0.2, 0.25) is 5.91 Å². The summed E-state index contributed by atoms with van der Waals surface area (Å²) < 4.78 is 0. The highest BCUT2D eigenvalue weighted by molar-refractivity contribution is 7.14. The zero-order chi connectivity index (χ0) is 13.9. The number of hydrogen-bond acceptors (Lipinski definition) is 4. The summed E-state index contributed by atoms with van der Waals surface area (Å²) in [5.74, 6) is -0.0572. The molecule has 2 aromatic rings. The summed E-state index contributed by atoms with van der Waals surface area (Å²) in [7, 11) is 0. The van der Waals surface area contributed by atoms with Gasteiger partial charge in [0.15, 0.2) is 5.13 Å². The van der Waals surface area contributed by atoms with E-state index in [2.05, 4.69) is 15.6 Å². The monoisotopic (exact) mass is 287 g/mol. The lowest BCUT2D eigenvalue weighted by Gasteiger charge is -2.12. The van der Waals surface area contributed by atoms with E-state index in [0.717, 1.165) is 35.2 Å². The van der Waals surface area contributed by atoms with Gasteiger partial charge in [0.05, 0.1) is 5.69 Å². The molecule has 20 heavy (non-hydrogen) atoms. The Hall–Kier alpha value is -1.88. The average Bonchev–Trinajstić information content (AvgIpc) is 3.09. The van der Waals surface area contributed by atoms with Gasteiger partial charge in [-0.05, 0) is 25.0 Å². The summed E-state index contributed by atoms with van der Waals surface area (Å²) in [5.41, 5.74) is 2.83. The number of nitrogens with zero attached hydrogens (tertiary/aromatic N) is 2. The molecule has 1 aromatic heterocycles. The lowest BCUT2D eigenvalue weighted by molar-refractivity contribution is -0.114. The second-order valence-corrected chi connectivity index (χ2v) is 5.81. The Labute approximate surface area is 122 Å². The lowest BCUT2D eigenvalue weighted by atomic mass is 10.1. The maximum atomic E-state index is 11.1. The maximum absolute atomic E-state index is 11.1. The number of anilines is 2. The second-order valence-electron chi connectivity index (χ2n) is 4.97. The Morgan fingerprint density at radius 3 is 2.90 bits per heavy atom. The van der Waals surface area contributed by atoms with Crippen LogP contribution in [-0.2, 0) is 4.79 Å². The summed E-state index contributed by atoms with van der Waals surface area (Å²) in [6, 6.07) is 7.81. The first kappa shape index (κ1) is 13.1. The van der Waals surface area contributed by atoms with E-state index in [4.69, 9.17) is 4.98 Å². The van der Waals surface area contributed by atoms with Crippen LogP contribution in [0, 0.1) is 0 Å². The highest BCUT2D eigenvalue weighted by atomic mass is 32.1. The molecule has 4 nitrogen and oxygen atoms in total. The smallest absolute Gasteiger partial charge is 0.221 e. The van der Waals surface area contributed by atoms with Crippen LogP contribution in [-0.4, -0.2) is 24.0 Å². The summed E-state index contributed by atoms with van der Waals surface area (Å²) in [6.45, 7) is 3.73. The molecule has 0 unspecified atom stereocenters. The minimum atomic E-state index is -0.0572. The molecule has 0 atom stereocenters. The van der Waals surface area contributed by atoms with Crippen LogP contribution >= 0.6 is 11.3 Å². The van der Waals surface area contributed by atoms with Crippen LogP contribution in [0.15, 0.2) is 29.6 Å². The molecule has 1 fully saturated rings. The van der Waals surface area contributed by atoms with Gasteiger partial charge in [0.1, 0.15) is 0 Å². The largest absolute Gasteiger partial charge is 0.348 e. The number of aromatic nitrogens is 1. The summed E-state index contributed by atoms with van der Waals surface area (Å²) in [6.07, 6.45) is 2.51. The van der Waals surface area contributed by atoms with Gasteiger partial charge in [-0.25, -0.2) is 4.98 Å². The first-order chi connectivity index (χ1) is 9.72. The van der Waals surface area contributed by atoms with Gasteiger partial charge in [-0.3, -0.25) is 4.79 Å². The Morgan fingerprint density at radius 2 is 2.15 bits per heavy atom. The van der Waals surface area contributed by atoms with Crippen LogP contribution in [0.2, 0.25) is 0 Å². The minimum Gasteiger partial charge on any atom is -0.348 e. The van der Waals surface area contributed by atoms with Crippen LogP contribution in [0.25, 0.3) is 11.3 Å². The van der Waals surface area contributed by atoms with Gasteiger partial charge >= 0.3 is 0 Å². The number of rotatable bonds is 3. The molecule has 0 spiro atoms. The van der Waals surface area contributed by atoms with Crippen LogP contribution in [0.4, 0.5) is 10.8 Å². The van der Waals surface area contributed by atoms with Crippen molar-refractivity contribution >= 4 is 28.1 Å². The molecule has 0 saturated carbocycles. The Kier molecular flexibility index (Phi) is 3.69. The van der Waals surface area contributed by atoms with Crippen molar-refractivity contribution in [3.05, 3.63) is 29.6 Å². The third-order valence-electron chi connectivity index (χ3n) is 3.35. The van der Waals surface area contributed by atoms with Crippen LogP contribution in [0.1, 0.15) is 19.8 Å². The fourth-order valence-corrected chi connectivity index (χ4v) is 3.30. The van der Waals surface area contributed by atoms with Crippen LogP contribution < -0.4 is 10.2 Å². The maximum Gasteiger partial charge on any atom is 0.221 e. The Morgan fingerprint density at radius 1 is 1.35 bits per heavy atom. The van der Waals surface area contributed by atoms with Crippen molar-refractivity contribution < 1.29 is 4.79 Å². The molecule has 0 radical (unpaired) electrons. The molecule has 104 valence electrons. The van der Waals surface area contributed by atoms with Crippen molar-refractivity contribution in [3.8, 4) is 11.3 Å². The number of nitrogens with one attached hydrogen (secondary N) is 1. The number of carbonyl (C=O) groups is 1.